The molecule has 10 heteroatoms. The average molecular weight is 638 g/mol. The zero-order valence-corrected chi connectivity index (χ0v) is 24.6. The van der Waals surface area contributed by atoms with Gasteiger partial charge < -0.3 is 9.47 Å². The van der Waals surface area contributed by atoms with Gasteiger partial charge >= 0.3 is 5.97 Å². The third kappa shape index (κ3) is 7.04. The zero-order chi connectivity index (χ0) is 29.6. The van der Waals surface area contributed by atoms with Crippen molar-refractivity contribution in [1.29, 1.82) is 0 Å². The molecule has 0 saturated heterocycles. The minimum Gasteiger partial charge on any atom is -0.489 e. The number of amides is 1. The van der Waals surface area contributed by atoms with Gasteiger partial charge in [-0.2, -0.15) is 5.10 Å². The van der Waals surface area contributed by atoms with Crippen molar-refractivity contribution in [3.05, 3.63) is 139 Å². The molecule has 0 unspecified atom stereocenters. The maximum atomic E-state index is 12.9. The first-order valence-electron chi connectivity index (χ1n) is 12.5. The molecule has 0 heterocycles. The summed E-state index contributed by atoms with van der Waals surface area (Å²) in [7, 11) is 0. The molecule has 0 aliphatic heterocycles. The average Bonchev–Trinajstić information content (AvgIpc) is 2.97. The molecule has 0 aliphatic rings. The molecule has 0 aromatic heterocycles. The highest BCUT2D eigenvalue weighted by Crippen LogP contribution is 2.29. The molecule has 210 valence electrons. The molecule has 0 aliphatic carbocycles. The second-order valence-electron chi connectivity index (χ2n) is 8.96. The summed E-state index contributed by atoms with van der Waals surface area (Å²) >= 11 is 24.3. The Morgan fingerprint density at radius 2 is 1.50 bits per heavy atom. The van der Waals surface area contributed by atoms with Crippen molar-refractivity contribution >= 4 is 75.3 Å². The zero-order valence-electron chi connectivity index (χ0n) is 21.6. The van der Waals surface area contributed by atoms with Crippen molar-refractivity contribution in [3.63, 3.8) is 0 Å². The number of rotatable bonds is 8. The molecular formula is C32H20Cl4N2O4. The monoisotopic (exact) mass is 636 g/mol. The second-order valence-corrected chi connectivity index (χ2v) is 10.6. The minimum absolute atomic E-state index is 0.161. The number of hydrazone groups is 1. The molecule has 1 amide bonds. The lowest BCUT2D eigenvalue weighted by Crippen LogP contribution is -2.17. The molecule has 0 saturated carbocycles. The van der Waals surface area contributed by atoms with E-state index in [9.17, 15) is 9.59 Å². The second kappa shape index (κ2) is 13.3. The molecule has 42 heavy (non-hydrogen) atoms. The quantitative estimate of drug-likeness (QED) is 0.0797. The summed E-state index contributed by atoms with van der Waals surface area (Å²) in [6.45, 7) is 0.244. The fraction of sp³-hybridized carbons (Fsp3) is 0.0312. The SMILES string of the molecule is O=C(N/N=C/c1c(OC(=O)c2ccc(Cl)cc2Cl)ccc2ccccc12)c1ccc(OCc2ccc(Cl)cc2Cl)cc1. The van der Waals surface area contributed by atoms with Crippen LogP contribution in [0.3, 0.4) is 0 Å². The van der Waals surface area contributed by atoms with Crippen LogP contribution in [0.25, 0.3) is 10.8 Å². The molecule has 0 radical (unpaired) electrons. The summed E-state index contributed by atoms with van der Waals surface area (Å²) in [6.07, 6.45) is 1.43. The van der Waals surface area contributed by atoms with Crippen molar-refractivity contribution in [3.8, 4) is 11.5 Å². The van der Waals surface area contributed by atoms with Gasteiger partial charge in [0.05, 0.1) is 16.8 Å². The summed E-state index contributed by atoms with van der Waals surface area (Å²) < 4.78 is 11.5. The van der Waals surface area contributed by atoms with Crippen LogP contribution in [0.1, 0.15) is 31.8 Å². The fourth-order valence-electron chi connectivity index (χ4n) is 4.03. The van der Waals surface area contributed by atoms with Gasteiger partial charge in [0, 0.05) is 31.8 Å². The van der Waals surface area contributed by atoms with Crippen LogP contribution in [0.15, 0.2) is 102 Å². The standard InChI is InChI=1S/C32H20Cl4N2O4/c33-22-9-5-21(28(35)15-22)18-41-24-11-6-20(7-12-24)31(39)38-37-17-27-25-4-2-1-3-19(25)8-14-30(27)42-32(40)26-13-10-23(34)16-29(26)36/h1-17H,18H2,(H,38,39)/b37-17+. The Balaban J connectivity index is 1.29. The van der Waals surface area contributed by atoms with Crippen LogP contribution in [0, 0.1) is 0 Å². The number of carbonyl (C=O) groups excluding carboxylic acids is 2. The lowest BCUT2D eigenvalue weighted by atomic mass is 10.0. The molecule has 0 spiro atoms. The molecule has 6 nitrogen and oxygen atoms in total. The van der Waals surface area contributed by atoms with Crippen molar-refractivity contribution in [2.45, 2.75) is 6.61 Å². The maximum Gasteiger partial charge on any atom is 0.345 e. The summed E-state index contributed by atoms with van der Waals surface area (Å²) in [5, 5.41) is 7.42. The Hall–Kier alpha value is -4.07. The van der Waals surface area contributed by atoms with Gasteiger partial charge in [0.2, 0.25) is 0 Å². The topological polar surface area (TPSA) is 77.0 Å². The van der Waals surface area contributed by atoms with E-state index in [1.54, 1.807) is 54.6 Å². The first kappa shape index (κ1) is 29.4. The van der Waals surface area contributed by atoms with Crippen LogP contribution in [0.4, 0.5) is 0 Å². The minimum atomic E-state index is -0.661. The molecule has 5 aromatic rings. The number of fused-ring (bicyclic) bond motifs is 1. The largest absolute Gasteiger partial charge is 0.489 e. The highest BCUT2D eigenvalue weighted by molar-refractivity contribution is 6.36. The number of hydrogen-bond donors (Lipinski definition) is 1. The van der Waals surface area contributed by atoms with Gasteiger partial charge in [-0.3, -0.25) is 4.79 Å². The van der Waals surface area contributed by atoms with Gasteiger partial charge in [-0.25, -0.2) is 10.2 Å². The molecular weight excluding hydrogens is 618 g/mol. The first-order chi connectivity index (χ1) is 20.3. The lowest BCUT2D eigenvalue weighted by Gasteiger charge is -2.11. The highest BCUT2D eigenvalue weighted by atomic mass is 35.5. The van der Waals surface area contributed by atoms with Crippen LogP contribution >= 0.6 is 46.4 Å². The van der Waals surface area contributed by atoms with Crippen molar-refractivity contribution < 1.29 is 19.1 Å². The Labute approximate surface area is 261 Å². The van der Waals surface area contributed by atoms with Gasteiger partial charge in [-0.05, 0) is 71.4 Å². The number of hydrogen-bond acceptors (Lipinski definition) is 5. The van der Waals surface area contributed by atoms with Gasteiger partial charge in [-0.1, -0.05) is 82.8 Å². The predicted molar refractivity (Wildman–Crippen MR) is 168 cm³/mol. The van der Waals surface area contributed by atoms with E-state index in [4.69, 9.17) is 55.9 Å². The van der Waals surface area contributed by atoms with Crippen molar-refractivity contribution in [2.75, 3.05) is 0 Å². The van der Waals surface area contributed by atoms with E-state index in [1.165, 1.54) is 18.3 Å². The summed E-state index contributed by atoms with van der Waals surface area (Å²) in [6, 6.07) is 27.3. The summed E-state index contributed by atoms with van der Waals surface area (Å²) in [4.78, 5) is 25.7. The number of carbonyl (C=O) groups is 2. The van der Waals surface area contributed by atoms with Crippen LogP contribution in [0.2, 0.25) is 20.1 Å². The van der Waals surface area contributed by atoms with Gasteiger partial charge in [0.1, 0.15) is 18.1 Å². The maximum absolute atomic E-state index is 12.9. The Kier molecular flexibility index (Phi) is 9.30. The van der Waals surface area contributed by atoms with Crippen LogP contribution in [-0.4, -0.2) is 18.1 Å². The smallest absolute Gasteiger partial charge is 0.345 e. The van der Waals surface area contributed by atoms with E-state index < -0.39 is 11.9 Å². The number of benzene rings is 5. The first-order valence-corrected chi connectivity index (χ1v) is 14.0. The van der Waals surface area contributed by atoms with Gasteiger partial charge in [-0.15, -0.1) is 0 Å². The number of esters is 1. The summed E-state index contributed by atoms with van der Waals surface area (Å²) in [5.41, 5.74) is 4.32. The molecule has 5 aromatic carbocycles. The molecule has 0 bridgehead atoms. The molecule has 1 N–H and O–H groups in total. The van der Waals surface area contributed by atoms with E-state index in [2.05, 4.69) is 10.5 Å². The van der Waals surface area contributed by atoms with Crippen LogP contribution in [0.5, 0.6) is 11.5 Å². The van der Waals surface area contributed by atoms with Gasteiger partial charge in [0.15, 0.2) is 0 Å². The van der Waals surface area contributed by atoms with Gasteiger partial charge in [0.25, 0.3) is 5.91 Å². The fourth-order valence-corrected chi connectivity index (χ4v) is 4.98. The third-order valence-corrected chi connectivity index (χ3v) is 7.30. The van der Waals surface area contributed by atoms with E-state index in [0.717, 1.165) is 16.3 Å². The number of halogens is 4. The normalized spacial score (nSPS) is 11.0. The van der Waals surface area contributed by atoms with Crippen molar-refractivity contribution in [1.82, 2.24) is 5.43 Å². The van der Waals surface area contributed by atoms with Crippen LogP contribution in [-0.2, 0) is 6.61 Å². The Bertz CT molecular complexity index is 1820. The number of nitrogens with one attached hydrogen (secondary N) is 1. The molecule has 0 fully saturated rings. The lowest BCUT2D eigenvalue weighted by molar-refractivity contribution is 0.0734. The Morgan fingerprint density at radius 3 is 2.24 bits per heavy atom. The molecule has 0 atom stereocenters. The number of nitrogens with zero attached hydrogens (tertiary/aromatic N) is 1. The Morgan fingerprint density at radius 1 is 0.786 bits per heavy atom. The third-order valence-electron chi connectivity index (χ3n) is 6.17. The van der Waals surface area contributed by atoms with E-state index in [1.807, 2.05) is 30.3 Å². The summed E-state index contributed by atoms with van der Waals surface area (Å²) in [5.74, 6) is -0.300. The van der Waals surface area contributed by atoms with Crippen LogP contribution < -0.4 is 14.9 Å². The van der Waals surface area contributed by atoms with Crippen molar-refractivity contribution in [2.24, 2.45) is 5.10 Å². The van der Waals surface area contributed by atoms with E-state index >= 15 is 0 Å². The van der Waals surface area contributed by atoms with E-state index in [0.29, 0.717) is 31.9 Å². The predicted octanol–water partition coefficient (Wildman–Crippen LogP) is 9.02. The van der Waals surface area contributed by atoms with E-state index in [-0.39, 0.29) is 22.9 Å². The highest BCUT2D eigenvalue weighted by Gasteiger charge is 2.17. The molecule has 5 rings (SSSR count). The number of ether oxygens (including phenoxy) is 2.